The topological polar surface area (TPSA) is 59.6 Å². The Kier molecular flexibility index (Phi) is 6.28. The first-order valence-corrected chi connectivity index (χ1v) is 8.06. The van der Waals surface area contributed by atoms with Crippen LogP contribution in [0.15, 0.2) is 65.9 Å². The third-order valence-corrected chi connectivity index (χ3v) is 3.66. The lowest BCUT2D eigenvalue weighted by Crippen LogP contribution is -2.17. The molecule has 142 valence electrons. The number of nitrogens with two attached hydrogens (primary N) is 1. The lowest BCUT2D eigenvalue weighted by molar-refractivity contribution is -0.274. The molecule has 2 rings (SSSR count). The summed E-state index contributed by atoms with van der Waals surface area (Å²) in [7, 11) is 0. The number of nitrogens with zero attached hydrogens (tertiary/aromatic N) is 1. The third kappa shape index (κ3) is 6.22. The van der Waals surface area contributed by atoms with E-state index in [4.69, 9.17) is 5.73 Å². The minimum Gasteiger partial charge on any atom is -0.406 e. The van der Waals surface area contributed by atoms with E-state index in [9.17, 15) is 13.2 Å². The van der Waals surface area contributed by atoms with Gasteiger partial charge in [-0.05, 0) is 54.8 Å². The maximum absolute atomic E-state index is 12.2. The first kappa shape index (κ1) is 20.1. The number of nitrogen functional groups attached to an aromatic ring is 1. The van der Waals surface area contributed by atoms with Crippen LogP contribution >= 0.6 is 0 Å². The van der Waals surface area contributed by atoms with Gasteiger partial charge in [-0.2, -0.15) is 0 Å². The fraction of sp³-hybridized carbons (Fsp3) is 0.150. The Labute approximate surface area is 155 Å². The molecule has 0 aliphatic heterocycles. The lowest BCUT2D eigenvalue weighted by Gasteiger charge is -2.10. The molecule has 0 atom stereocenters. The molecule has 0 spiro atoms. The van der Waals surface area contributed by atoms with Crippen molar-refractivity contribution in [1.29, 1.82) is 0 Å². The van der Waals surface area contributed by atoms with Crippen molar-refractivity contribution >= 4 is 23.2 Å². The average molecular weight is 375 g/mol. The molecule has 0 fully saturated rings. The SMILES string of the molecule is C=C(/N=C\C(=C/C)c1ccc(OC(F)(F)F)cc1)Nc1ccc(C)c(N)c1. The Balaban J connectivity index is 2.05. The maximum atomic E-state index is 12.2. The average Bonchev–Trinajstić information content (AvgIpc) is 2.59. The van der Waals surface area contributed by atoms with Crippen LogP contribution in [0.5, 0.6) is 5.75 Å². The van der Waals surface area contributed by atoms with E-state index in [1.54, 1.807) is 25.3 Å². The van der Waals surface area contributed by atoms with Gasteiger partial charge < -0.3 is 15.8 Å². The van der Waals surface area contributed by atoms with Crippen molar-refractivity contribution in [1.82, 2.24) is 0 Å². The van der Waals surface area contributed by atoms with Crippen LogP contribution in [0.2, 0.25) is 0 Å². The predicted octanol–water partition coefficient (Wildman–Crippen LogP) is 5.53. The number of ether oxygens (including phenoxy) is 1. The van der Waals surface area contributed by atoms with Gasteiger partial charge in [0.25, 0.3) is 0 Å². The quantitative estimate of drug-likeness (QED) is 0.515. The molecule has 0 aromatic heterocycles. The summed E-state index contributed by atoms with van der Waals surface area (Å²) < 4.78 is 40.5. The van der Waals surface area contributed by atoms with Gasteiger partial charge in [-0.25, -0.2) is 4.99 Å². The van der Waals surface area contributed by atoms with Crippen LogP contribution in [-0.2, 0) is 0 Å². The van der Waals surface area contributed by atoms with Crippen molar-refractivity contribution in [3.8, 4) is 5.75 Å². The second kappa shape index (κ2) is 8.44. The van der Waals surface area contributed by atoms with Gasteiger partial charge in [0.1, 0.15) is 11.6 Å². The highest BCUT2D eigenvalue weighted by Gasteiger charge is 2.30. The van der Waals surface area contributed by atoms with E-state index in [-0.39, 0.29) is 5.75 Å². The summed E-state index contributed by atoms with van der Waals surface area (Å²) in [5.41, 5.74) is 9.68. The monoisotopic (exact) mass is 375 g/mol. The van der Waals surface area contributed by atoms with Gasteiger partial charge in [0.05, 0.1) is 0 Å². The first-order chi connectivity index (χ1) is 12.7. The van der Waals surface area contributed by atoms with Crippen LogP contribution in [-0.4, -0.2) is 12.6 Å². The van der Waals surface area contributed by atoms with Crippen molar-refractivity contribution in [2.24, 2.45) is 4.99 Å². The number of benzene rings is 2. The summed E-state index contributed by atoms with van der Waals surface area (Å²) in [6, 6.07) is 11.1. The zero-order valence-corrected chi connectivity index (χ0v) is 15.0. The van der Waals surface area contributed by atoms with Crippen LogP contribution in [0.3, 0.4) is 0 Å². The molecular formula is C20H20F3N3O. The smallest absolute Gasteiger partial charge is 0.406 e. The number of allylic oxidation sites excluding steroid dienone is 2. The van der Waals surface area contributed by atoms with Gasteiger partial charge in [0.15, 0.2) is 0 Å². The predicted molar refractivity (Wildman–Crippen MR) is 104 cm³/mol. The first-order valence-electron chi connectivity index (χ1n) is 8.06. The van der Waals surface area contributed by atoms with Crippen molar-refractivity contribution in [3.05, 3.63) is 72.1 Å². The number of aryl methyl sites for hydroxylation is 1. The Morgan fingerprint density at radius 1 is 1.19 bits per heavy atom. The molecule has 0 saturated heterocycles. The number of nitrogens with one attached hydrogen (secondary N) is 1. The number of rotatable bonds is 6. The van der Waals surface area contributed by atoms with Gasteiger partial charge in [-0.1, -0.05) is 30.9 Å². The van der Waals surface area contributed by atoms with E-state index in [0.29, 0.717) is 17.1 Å². The molecule has 27 heavy (non-hydrogen) atoms. The van der Waals surface area contributed by atoms with Gasteiger partial charge in [-0.3, -0.25) is 0 Å². The minimum absolute atomic E-state index is 0.276. The van der Waals surface area contributed by atoms with Crippen molar-refractivity contribution in [2.75, 3.05) is 11.1 Å². The van der Waals surface area contributed by atoms with Crippen molar-refractivity contribution in [3.63, 3.8) is 0 Å². The van der Waals surface area contributed by atoms with Crippen molar-refractivity contribution in [2.45, 2.75) is 20.2 Å². The van der Waals surface area contributed by atoms with E-state index in [0.717, 1.165) is 16.8 Å². The van der Waals surface area contributed by atoms with Gasteiger partial charge in [0, 0.05) is 17.6 Å². The normalized spacial score (nSPS) is 12.3. The van der Waals surface area contributed by atoms with Gasteiger partial charge in [0.2, 0.25) is 0 Å². The van der Waals surface area contributed by atoms with E-state index in [1.807, 2.05) is 19.1 Å². The number of anilines is 2. The van der Waals surface area contributed by atoms with Crippen LogP contribution in [0, 0.1) is 6.92 Å². The standard InChI is InChI=1S/C20H20F3N3O/c1-4-15(16-6-9-18(10-7-16)27-20(21,22)23)12-25-14(3)26-17-8-5-13(2)19(24)11-17/h4-12,26H,3,24H2,1-2H3/b15-4+,25-12-. The van der Waals surface area contributed by atoms with Gasteiger partial charge >= 0.3 is 6.36 Å². The summed E-state index contributed by atoms with van der Waals surface area (Å²) in [6.07, 6.45) is -1.35. The Morgan fingerprint density at radius 2 is 1.85 bits per heavy atom. The number of halogens is 3. The molecule has 0 aliphatic rings. The molecule has 0 unspecified atom stereocenters. The van der Waals surface area contributed by atoms with Crippen LogP contribution in [0.4, 0.5) is 24.5 Å². The number of hydrogen-bond acceptors (Lipinski definition) is 4. The summed E-state index contributed by atoms with van der Waals surface area (Å²) in [6.45, 7) is 7.55. The molecule has 2 aromatic carbocycles. The summed E-state index contributed by atoms with van der Waals surface area (Å²) in [4.78, 5) is 4.25. The second-order valence-corrected chi connectivity index (χ2v) is 5.72. The largest absolute Gasteiger partial charge is 0.573 e. The fourth-order valence-corrected chi connectivity index (χ4v) is 2.23. The Hall–Kier alpha value is -3.22. The molecule has 3 N–H and O–H groups in total. The summed E-state index contributed by atoms with van der Waals surface area (Å²) >= 11 is 0. The van der Waals surface area contributed by atoms with Gasteiger partial charge in [-0.15, -0.1) is 13.2 Å². The molecule has 4 nitrogen and oxygen atoms in total. The maximum Gasteiger partial charge on any atom is 0.573 e. The van der Waals surface area contributed by atoms with Crippen LogP contribution in [0.1, 0.15) is 18.1 Å². The zero-order chi connectivity index (χ0) is 20.0. The highest BCUT2D eigenvalue weighted by atomic mass is 19.4. The Bertz CT molecular complexity index is 869. The Morgan fingerprint density at radius 3 is 2.41 bits per heavy atom. The minimum atomic E-state index is -4.71. The molecule has 0 amide bonds. The highest BCUT2D eigenvalue weighted by molar-refractivity contribution is 6.10. The molecule has 0 heterocycles. The number of hydrogen-bond donors (Lipinski definition) is 2. The lowest BCUT2D eigenvalue weighted by atomic mass is 10.1. The fourth-order valence-electron chi connectivity index (χ4n) is 2.23. The second-order valence-electron chi connectivity index (χ2n) is 5.72. The van der Waals surface area contributed by atoms with E-state index < -0.39 is 6.36 Å². The summed E-state index contributed by atoms with van der Waals surface area (Å²) in [5.74, 6) is 0.122. The molecule has 7 heteroatoms. The van der Waals surface area contributed by atoms with E-state index in [1.165, 1.54) is 24.3 Å². The molecule has 2 aromatic rings. The van der Waals surface area contributed by atoms with Crippen LogP contribution in [0.25, 0.3) is 5.57 Å². The number of alkyl halides is 3. The van der Waals surface area contributed by atoms with E-state index in [2.05, 4.69) is 21.6 Å². The number of aliphatic imine (C=N–C) groups is 1. The van der Waals surface area contributed by atoms with E-state index >= 15 is 0 Å². The molecule has 0 radical (unpaired) electrons. The molecule has 0 saturated carbocycles. The summed E-state index contributed by atoms with van der Waals surface area (Å²) in [5, 5.41) is 3.03. The molecular weight excluding hydrogens is 355 g/mol. The molecule has 0 bridgehead atoms. The third-order valence-electron chi connectivity index (χ3n) is 3.66. The highest BCUT2D eigenvalue weighted by Crippen LogP contribution is 2.24. The molecule has 0 aliphatic carbocycles. The zero-order valence-electron chi connectivity index (χ0n) is 15.0. The van der Waals surface area contributed by atoms with Crippen LogP contribution < -0.4 is 15.8 Å². The van der Waals surface area contributed by atoms with Crippen molar-refractivity contribution < 1.29 is 17.9 Å².